The fraction of sp³-hybridized carbons (Fsp3) is 0.200. The number of hydrogen-bond acceptors (Lipinski definition) is 0. The summed E-state index contributed by atoms with van der Waals surface area (Å²) >= 11 is 0. The maximum absolute atomic E-state index is 14.3. The van der Waals surface area contributed by atoms with E-state index in [1.807, 2.05) is 0 Å². The first-order chi connectivity index (χ1) is 14.5. The van der Waals surface area contributed by atoms with Gasteiger partial charge in [0.05, 0.1) is 0 Å². The van der Waals surface area contributed by atoms with Crippen LogP contribution in [0.1, 0.15) is 22.3 Å². The summed E-state index contributed by atoms with van der Waals surface area (Å²) in [5, 5.41) is 0. The standard InChI is InChI=1S/C20H10F12/c21-15(22)9-11-1-5-13(6-2-11)17(25,26)19(29,30)20(31,32)18(27,28)14-7-3-12(4-8-14)10-16(23)24/h1-10H. The summed E-state index contributed by atoms with van der Waals surface area (Å²) in [4.78, 5) is 0. The van der Waals surface area contributed by atoms with Crippen molar-refractivity contribution >= 4 is 12.2 Å². The van der Waals surface area contributed by atoms with Crippen LogP contribution in [-0.4, -0.2) is 11.8 Å². The van der Waals surface area contributed by atoms with E-state index in [9.17, 15) is 52.7 Å². The van der Waals surface area contributed by atoms with Gasteiger partial charge in [-0.15, -0.1) is 0 Å². The number of alkyl halides is 8. The van der Waals surface area contributed by atoms with Crippen molar-refractivity contribution in [2.75, 3.05) is 0 Å². The van der Waals surface area contributed by atoms with Gasteiger partial charge in [0.2, 0.25) is 0 Å². The number of halogens is 12. The minimum Gasteiger partial charge on any atom is -0.194 e. The van der Waals surface area contributed by atoms with Crippen LogP contribution in [0.5, 0.6) is 0 Å². The number of rotatable bonds is 7. The average Bonchev–Trinajstić information content (AvgIpc) is 2.67. The molecule has 0 heterocycles. The fourth-order valence-electron chi connectivity index (χ4n) is 2.59. The van der Waals surface area contributed by atoms with Gasteiger partial charge >= 0.3 is 23.7 Å². The molecule has 0 saturated heterocycles. The molecule has 0 fully saturated rings. The van der Waals surface area contributed by atoms with Crippen LogP contribution in [0.15, 0.2) is 60.7 Å². The highest BCUT2D eigenvalue weighted by atomic mass is 19.4. The van der Waals surface area contributed by atoms with E-state index in [4.69, 9.17) is 0 Å². The van der Waals surface area contributed by atoms with Crippen LogP contribution in [0.3, 0.4) is 0 Å². The monoisotopic (exact) mass is 478 g/mol. The Hall–Kier alpha value is -2.92. The van der Waals surface area contributed by atoms with Crippen molar-refractivity contribution in [2.45, 2.75) is 23.7 Å². The van der Waals surface area contributed by atoms with E-state index in [0.717, 1.165) is 0 Å². The van der Waals surface area contributed by atoms with Gasteiger partial charge in [-0.3, -0.25) is 0 Å². The van der Waals surface area contributed by atoms with Gasteiger partial charge in [0, 0.05) is 23.3 Å². The van der Waals surface area contributed by atoms with Crippen molar-refractivity contribution < 1.29 is 52.7 Å². The zero-order chi connectivity index (χ0) is 24.5. The Morgan fingerprint density at radius 3 is 0.938 bits per heavy atom. The van der Waals surface area contributed by atoms with Gasteiger partial charge in [-0.2, -0.15) is 52.7 Å². The van der Waals surface area contributed by atoms with Gasteiger partial charge in [0.25, 0.3) is 12.2 Å². The third-order valence-corrected chi connectivity index (χ3v) is 4.28. The molecular weight excluding hydrogens is 468 g/mol. The Morgan fingerprint density at radius 2 is 0.719 bits per heavy atom. The van der Waals surface area contributed by atoms with E-state index in [2.05, 4.69) is 0 Å². The Morgan fingerprint density at radius 1 is 0.469 bits per heavy atom. The topological polar surface area (TPSA) is 0 Å². The van der Waals surface area contributed by atoms with Crippen LogP contribution >= 0.6 is 0 Å². The molecule has 0 spiro atoms. The molecule has 0 nitrogen and oxygen atoms in total. The van der Waals surface area contributed by atoms with E-state index in [0.29, 0.717) is 24.3 Å². The van der Waals surface area contributed by atoms with Crippen LogP contribution in [0.4, 0.5) is 52.7 Å². The zero-order valence-corrected chi connectivity index (χ0v) is 15.3. The molecule has 32 heavy (non-hydrogen) atoms. The van der Waals surface area contributed by atoms with Gasteiger partial charge in [-0.25, -0.2) is 0 Å². The molecule has 2 aromatic rings. The van der Waals surface area contributed by atoms with Crippen LogP contribution in [0.2, 0.25) is 0 Å². The summed E-state index contributed by atoms with van der Waals surface area (Å²) in [6, 6.07) is 2.37. The van der Waals surface area contributed by atoms with Crippen molar-refractivity contribution in [3.05, 3.63) is 82.9 Å². The van der Waals surface area contributed by atoms with Gasteiger partial charge in [-0.1, -0.05) is 48.5 Å². The second-order valence-electron chi connectivity index (χ2n) is 6.41. The first-order valence-corrected chi connectivity index (χ1v) is 8.32. The summed E-state index contributed by atoms with van der Waals surface area (Å²) in [7, 11) is 0. The van der Waals surface area contributed by atoms with E-state index in [1.54, 1.807) is 0 Å². The molecule has 0 unspecified atom stereocenters. The maximum Gasteiger partial charge on any atom is 0.382 e. The molecule has 0 N–H and O–H groups in total. The Bertz CT molecular complexity index is 910. The van der Waals surface area contributed by atoms with Crippen LogP contribution in [0, 0.1) is 0 Å². The third-order valence-electron chi connectivity index (χ3n) is 4.28. The van der Waals surface area contributed by atoms with E-state index >= 15 is 0 Å². The number of benzene rings is 2. The largest absolute Gasteiger partial charge is 0.382 e. The average molecular weight is 478 g/mol. The minimum absolute atomic E-state index is 0.115. The lowest BCUT2D eigenvalue weighted by Gasteiger charge is -2.37. The van der Waals surface area contributed by atoms with Crippen LogP contribution in [-0.2, 0) is 11.8 Å². The first kappa shape index (κ1) is 25.3. The lowest BCUT2D eigenvalue weighted by Crippen LogP contribution is -2.59. The second kappa shape index (κ2) is 8.55. The molecular formula is C20H10F12. The summed E-state index contributed by atoms with van der Waals surface area (Å²) in [6.07, 6.45) is -4.21. The normalized spacial score (nSPS) is 13.0. The smallest absolute Gasteiger partial charge is 0.194 e. The molecule has 0 bridgehead atoms. The van der Waals surface area contributed by atoms with Crippen molar-refractivity contribution in [1.29, 1.82) is 0 Å². The highest BCUT2D eigenvalue weighted by molar-refractivity contribution is 5.51. The highest BCUT2D eigenvalue weighted by Crippen LogP contribution is 2.59. The molecule has 0 radical (unpaired) electrons. The van der Waals surface area contributed by atoms with E-state index in [1.165, 1.54) is 0 Å². The predicted molar refractivity (Wildman–Crippen MR) is 91.0 cm³/mol. The molecule has 174 valence electrons. The van der Waals surface area contributed by atoms with Gasteiger partial charge in [-0.05, 0) is 11.1 Å². The molecule has 0 aliphatic carbocycles. The van der Waals surface area contributed by atoms with Crippen molar-refractivity contribution in [2.24, 2.45) is 0 Å². The quantitative estimate of drug-likeness (QED) is 0.351. The summed E-state index contributed by atoms with van der Waals surface area (Å²) in [6.45, 7) is 0. The molecule has 2 rings (SSSR count). The Balaban J connectivity index is 2.47. The Kier molecular flexibility index (Phi) is 6.77. The molecule has 12 heteroatoms. The molecule has 0 amide bonds. The lowest BCUT2D eigenvalue weighted by molar-refractivity contribution is -0.374. The summed E-state index contributed by atoms with van der Waals surface area (Å²) in [5.74, 6) is -25.0. The highest BCUT2D eigenvalue weighted by Gasteiger charge is 2.81. The molecule has 2 aromatic carbocycles. The van der Waals surface area contributed by atoms with Crippen LogP contribution in [0.25, 0.3) is 12.2 Å². The van der Waals surface area contributed by atoms with E-state index < -0.39 is 58.1 Å². The minimum atomic E-state index is -6.66. The number of hydrogen-bond donors (Lipinski definition) is 0. The van der Waals surface area contributed by atoms with Crippen molar-refractivity contribution in [1.82, 2.24) is 0 Å². The second-order valence-corrected chi connectivity index (χ2v) is 6.41. The molecule has 0 saturated carbocycles. The van der Waals surface area contributed by atoms with E-state index in [-0.39, 0.29) is 36.4 Å². The van der Waals surface area contributed by atoms with Crippen molar-refractivity contribution in [3.63, 3.8) is 0 Å². The summed E-state index contributed by atoms with van der Waals surface area (Å²) < 4.78 is 162. The predicted octanol–water partition coefficient (Wildman–Crippen LogP) is 8.32. The zero-order valence-electron chi connectivity index (χ0n) is 15.3. The van der Waals surface area contributed by atoms with Crippen molar-refractivity contribution in [3.8, 4) is 0 Å². The molecule has 0 atom stereocenters. The molecule has 0 aliphatic heterocycles. The van der Waals surface area contributed by atoms with Crippen LogP contribution < -0.4 is 0 Å². The first-order valence-electron chi connectivity index (χ1n) is 8.32. The Labute approximate surface area is 172 Å². The summed E-state index contributed by atoms with van der Waals surface area (Å²) in [5.41, 5.74) is -4.53. The van der Waals surface area contributed by atoms with Gasteiger partial charge in [0.1, 0.15) is 0 Å². The molecule has 0 aromatic heterocycles. The van der Waals surface area contributed by atoms with Gasteiger partial charge < -0.3 is 0 Å². The third kappa shape index (κ3) is 4.49. The lowest BCUT2D eigenvalue weighted by atomic mass is 9.90. The SMILES string of the molecule is FC(F)=Cc1ccc(C(F)(F)C(F)(F)C(F)(F)C(F)(F)c2ccc(C=C(F)F)cc2)cc1. The molecule has 0 aliphatic rings. The maximum atomic E-state index is 14.3. The fourth-order valence-corrected chi connectivity index (χ4v) is 2.59. The van der Waals surface area contributed by atoms with Gasteiger partial charge in [0.15, 0.2) is 0 Å².